The molecule has 0 amide bonds. The number of hydrogen-bond donors (Lipinski definition) is 0. The van der Waals surface area contributed by atoms with Crippen LogP contribution in [0.3, 0.4) is 0 Å². The predicted octanol–water partition coefficient (Wildman–Crippen LogP) is 16.3. The van der Waals surface area contributed by atoms with Gasteiger partial charge in [0.25, 0.3) is 0 Å². The van der Waals surface area contributed by atoms with Gasteiger partial charge in [-0.15, -0.1) is 11.3 Å². The van der Waals surface area contributed by atoms with Gasteiger partial charge >= 0.3 is 0 Å². The van der Waals surface area contributed by atoms with Gasteiger partial charge in [0.05, 0.1) is 10.4 Å². The van der Waals surface area contributed by atoms with E-state index in [-0.39, 0.29) is 0 Å². The highest BCUT2D eigenvalue weighted by atomic mass is 32.1. The maximum atomic E-state index is 6.28. The molecular weight excluding hydrogens is 727 g/mol. The number of rotatable bonds is 6. The van der Waals surface area contributed by atoms with Crippen molar-refractivity contribution in [3.8, 4) is 33.4 Å². The van der Waals surface area contributed by atoms with Crippen LogP contribution in [0.4, 0.5) is 17.1 Å². The van der Waals surface area contributed by atoms with Crippen molar-refractivity contribution in [2.75, 3.05) is 4.90 Å². The Hall–Kier alpha value is -7.40. The number of hydrogen-bond acceptors (Lipinski definition) is 4. The molecule has 0 aliphatic heterocycles. The van der Waals surface area contributed by atoms with Gasteiger partial charge < -0.3 is 13.7 Å². The molecular formula is C54H33NO2S. The molecule has 0 bridgehead atoms. The summed E-state index contributed by atoms with van der Waals surface area (Å²) in [5.74, 6) is 0. The van der Waals surface area contributed by atoms with Crippen LogP contribution in [0.2, 0.25) is 0 Å². The van der Waals surface area contributed by atoms with Crippen LogP contribution in [0, 0.1) is 0 Å². The molecule has 58 heavy (non-hydrogen) atoms. The molecule has 0 aliphatic carbocycles. The molecule has 0 atom stereocenters. The highest BCUT2D eigenvalue weighted by molar-refractivity contribution is 7.26. The summed E-state index contributed by atoms with van der Waals surface area (Å²) in [6, 6.07) is 71.5. The molecule has 12 rings (SSSR count). The lowest BCUT2D eigenvalue weighted by Gasteiger charge is -2.29. The fraction of sp³-hybridized carbons (Fsp3) is 0. The molecule has 0 saturated heterocycles. The Morgan fingerprint density at radius 2 is 0.810 bits per heavy atom. The standard InChI is InChI=1S/C54H33NO2S/c1-2-12-34(13-3-1)41-32-33-43-42-14-6-9-23-50(42)58-54(43)53(41)55(37-28-24-35(25-29-37)39-17-10-21-48-51(39)44-15-4-7-19-46(44)56-48)38-30-26-36(27-31-38)40-18-11-22-49-52(40)45-16-5-8-20-47(45)57-49/h1-33H. The summed E-state index contributed by atoms with van der Waals surface area (Å²) in [6.07, 6.45) is 0. The molecule has 0 saturated carbocycles. The van der Waals surface area contributed by atoms with Crippen molar-refractivity contribution in [3.63, 3.8) is 0 Å². The normalized spacial score (nSPS) is 11.8. The summed E-state index contributed by atoms with van der Waals surface area (Å²) >= 11 is 1.86. The maximum absolute atomic E-state index is 6.28. The zero-order chi connectivity index (χ0) is 38.2. The molecule has 0 fully saturated rings. The van der Waals surface area contributed by atoms with Gasteiger partial charge in [0.2, 0.25) is 0 Å². The molecule has 3 nitrogen and oxygen atoms in total. The molecule has 0 spiro atoms. The van der Waals surface area contributed by atoms with Gasteiger partial charge in [-0.3, -0.25) is 0 Å². The van der Waals surface area contributed by atoms with E-state index >= 15 is 0 Å². The van der Waals surface area contributed by atoms with Crippen LogP contribution in [0.5, 0.6) is 0 Å². The second kappa shape index (κ2) is 13.1. The van der Waals surface area contributed by atoms with Crippen LogP contribution in [0.15, 0.2) is 209 Å². The number of anilines is 3. The van der Waals surface area contributed by atoms with Crippen LogP contribution in [-0.4, -0.2) is 0 Å². The van der Waals surface area contributed by atoms with Crippen LogP contribution < -0.4 is 4.90 Å². The minimum absolute atomic E-state index is 0.896. The minimum atomic E-state index is 0.896. The third-order valence-corrected chi connectivity index (χ3v) is 12.7. The molecule has 0 aliphatic rings. The highest BCUT2D eigenvalue weighted by Crippen LogP contribution is 2.50. The van der Waals surface area contributed by atoms with Crippen LogP contribution >= 0.6 is 11.3 Å². The van der Waals surface area contributed by atoms with E-state index < -0.39 is 0 Å². The second-order valence-corrected chi connectivity index (χ2v) is 15.8. The molecule has 0 N–H and O–H groups in total. The van der Waals surface area contributed by atoms with Gasteiger partial charge in [-0.2, -0.15) is 0 Å². The molecule has 3 heterocycles. The first kappa shape index (κ1) is 32.8. The van der Waals surface area contributed by atoms with Crippen molar-refractivity contribution in [2.24, 2.45) is 0 Å². The molecule has 0 unspecified atom stereocenters. The third-order valence-electron chi connectivity index (χ3n) is 11.5. The lowest BCUT2D eigenvalue weighted by Crippen LogP contribution is -2.11. The van der Waals surface area contributed by atoms with Crippen LogP contribution in [0.25, 0.3) is 97.4 Å². The fourth-order valence-corrected chi connectivity index (χ4v) is 10.1. The summed E-state index contributed by atoms with van der Waals surface area (Å²) in [4.78, 5) is 2.45. The summed E-state index contributed by atoms with van der Waals surface area (Å²) < 4.78 is 15.1. The summed E-state index contributed by atoms with van der Waals surface area (Å²) in [6.45, 7) is 0. The number of thiophene rings is 1. The number of nitrogens with zero attached hydrogens (tertiary/aromatic N) is 1. The lowest BCUT2D eigenvalue weighted by molar-refractivity contribution is 0.668. The molecule has 9 aromatic carbocycles. The van der Waals surface area contributed by atoms with Gasteiger partial charge in [0.1, 0.15) is 22.3 Å². The zero-order valence-corrected chi connectivity index (χ0v) is 32.0. The Labute approximate surface area is 338 Å². The number of fused-ring (bicyclic) bond motifs is 9. The number of furan rings is 2. The smallest absolute Gasteiger partial charge is 0.136 e. The van der Waals surface area contributed by atoms with E-state index in [4.69, 9.17) is 8.83 Å². The average molecular weight is 760 g/mol. The van der Waals surface area contributed by atoms with Crippen LogP contribution in [0.1, 0.15) is 0 Å². The Bertz CT molecular complexity index is 3340. The average Bonchev–Trinajstić information content (AvgIpc) is 3.99. The summed E-state index contributed by atoms with van der Waals surface area (Å²) in [7, 11) is 0. The molecule has 3 aromatic heterocycles. The summed E-state index contributed by atoms with van der Waals surface area (Å²) in [5, 5.41) is 7.06. The van der Waals surface area contributed by atoms with E-state index in [0.717, 1.165) is 83.2 Å². The SMILES string of the molecule is c1ccc(-c2ccc3c(sc4ccccc43)c2N(c2ccc(-c3cccc4oc5ccccc5c34)cc2)c2ccc(-c3cccc4oc5ccccc5c34)cc2)cc1. The lowest BCUT2D eigenvalue weighted by atomic mass is 9.97. The predicted molar refractivity (Wildman–Crippen MR) is 245 cm³/mol. The zero-order valence-electron chi connectivity index (χ0n) is 31.2. The van der Waals surface area contributed by atoms with E-state index in [1.165, 1.54) is 31.3 Å². The first-order valence-corrected chi connectivity index (χ1v) is 20.4. The van der Waals surface area contributed by atoms with Crippen molar-refractivity contribution in [1.82, 2.24) is 0 Å². The number of para-hydroxylation sites is 2. The summed E-state index contributed by atoms with van der Waals surface area (Å²) in [5.41, 5.74) is 13.8. The first-order valence-electron chi connectivity index (χ1n) is 19.6. The van der Waals surface area contributed by atoms with E-state index in [0.29, 0.717) is 0 Å². The maximum Gasteiger partial charge on any atom is 0.136 e. The van der Waals surface area contributed by atoms with Crippen molar-refractivity contribution in [2.45, 2.75) is 0 Å². The third kappa shape index (κ3) is 5.12. The Balaban J connectivity index is 1.08. The molecule has 4 heteroatoms. The first-order chi connectivity index (χ1) is 28.8. The second-order valence-electron chi connectivity index (χ2n) is 14.8. The van der Waals surface area contributed by atoms with Gasteiger partial charge in [0.15, 0.2) is 0 Å². The van der Waals surface area contributed by atoms with E-state index in [9.17, 15) is 0 Å². The molecule has 272 valence electrons. The van der Waals surface area contributed by atoms with Crippen molar-refractivity contribution in [1.29, 1.82) is 0 Å². The van der Waals surface area contributed by atoms with E-state index in [1.807, 2.05) is 35.6 Å². The van der Waals surface area contributed by atoms with Crippen molar-refractivity contribution < 1.29 is 8.83 Å². The van der Waals surface area contributed by atoms with Gasteiger partial charge in [-0.1, -0.05) is 146 Å². The van der Waals surface area contributed by atoms with Crippen molar-refractivity contribution in [3.05, 3.63) is 200 Å². The quantitative estimate of drug-likeness (QED) is 0.169. The van der Waals surface area contributed by atoms with Crippen molar-refractivity contribution >= 4 is 92.4 Å². The Morgan fingerprint density at radius 1 is 0.328 bits per heavy atom. The Morgan fingerprint density at radius 3 is 1.40 bits per heavy atom. The van der Waals surface area contributed by atoms with Gasteiger partial charge in [0, 0.05) is 54.0 Å². The molecule has 12 aromatic rings. The monoisotopic (exact) mass is 759 g/mol. The topological polar surface area (TPSA) is 29.5 Å². The largest absolute Gasteiger partial charge is 0.456 e. The minimum Gasteiger partial charge on any atom is -0.456 e. The van der Waals surface area contributed by atoms with E-state index in [2.05, 4.69) is 181 Å². The van der Waals surface area contributed by atoms with E-state index in [1.54, 1.807) is 0 Å². The molecule has 0 radical (unpaired) electrons. The van der Waals surface area contributed by atoms with Gasteiger partial charge in [-0.25, -0.2) is 0 Å². The Kier molecular flexibility index (Phi) is 7.40. The number of benzene rings is 9. The highest BCUT2D eigenvalue weighted by Gasteiger charge is 2.24. The van der Waals surface area contributed by atoms with Gasteiger partial charge in [-0.05, 0) is 82.4 Å². The van der Waals surface area contributed by atoms with Crippen LogP contribution in [-0.2, 0) is 0 Å². The fourth-order valence-electron chi connectivity index (χ4n) is 8.87.